The molecule has 0 radical (unpaired) electrons. The lowest BCUT2D eigenvalue weighted by molar-refractivity contribution is 0.0218. The normalized spacial score (nSPS) is 15.2. The number of hydrogen-bond donors (Lipinski definition) is 2. The van der Waals surface area contributed by atoms with Gasteiger partial charge >= 0.3 is 0 Å². The molecule has 0 fully saturated rings. The Morgan fingerprint density at radius 3 is 2.06 bits per heavy atom. The van der Waals surface area contributed by atoms with E-state index in [0.717, 1.165) is 26.2 Å². The molecular weight excluding hydrogens is 224 g/mol. The van der Waals surface area contributed by atoms with Crippen molar-refractivity contribution in [3.8, 4) is 0 Å². The summed E-state index contributed by atoms with van der Waals surface area (Å²) in [6, 6.07) is 0.480. The summed E-state index contributed by atoms with van der Waals surface area (Å²) in [6.45, 7) is 18.7. The fraction of sp³-hybridized carbons (Fsp3) is 1.00. The molecule has 0 aromatic heterocycles. The van der Waals surface area contributed by atoms with Crippen LogP contribution in [0.4, 0.5) is 0 Å². The zero-order valence-corrected chi connectivity index (χ0v) is 13.5. The Balaban J connectivity index is 4.42. The van der Waals surface area contributed by atoms with E-state index >= 15 is 0 Å². The summed E-state index contributed by atoms with van der Waals surface area (Å²) >= 11 is 0. The number of nitrogens with zero attached hydrogens (tertiary/aromatic N) is 1. The molecule has 18 heavy (non-hydrogen) atoms. The van der Waals surface area contributed by atoms with Crippen molar-refractivity contribution >= 4 is 0 Å². The van der Waals surface area contributed by atoms with Crippen LogP contribution in [0.15, 0.2) is 0 Å². The summed E-state index contributed by atoms with van der Waals surface area (Å²) in [5.74, 6) is 0. The second-order valence-electron chi connectivity index (χ2n) is 6.78. The molecule has 0 amide bonds. The van der Waals surface area contributed by atoms with E-state index in [9.17, 15) is 5.11 Å². The van der Waals surface area contributed by atoms with Crippen LogP contribution in [0.2, 0.25) is 0 Å². The lowest BCUT2D eigenvalue weighted by Crippen LogP contribution is -2.49. The molecule has 3 heteroatoms. The number of hydrogen-bond acceptors (Lipinski definition) is 3. The van der Waals surface area contributed by atoms with E-state index in [4.69, 9.17) is 0 Å². The fourth-order valence-corrected chi connectivity index (χ4v) is 2.18. The first-order chi connectivity index (χ1) is 8.12. The molecule has 110 valence electrons. The Kier molecular flexibility index (Phi) is 7.41. The minimum absolute atomic E-state index is 0.205. The van der Waals surface area contributed by atoms with Gasteiger partial charge in [0.25, 0.3) is 0 Å². The molecule has 0 rings (SSSR count). The van der Waals surface area contributed by atoms with Gasteiger partial charge in [-0.05, 0) is 45.7 Å². The number of nitrogens with one attached hydrogen (secondary N) is 1. The third kappa shape index (κ3) is 7.34. The van der Waals surface area contributed by atoms with Gasteiger partial charge < -0.3 is 15.3 Å². The van der Waals surface area contributed by atoms with Crippen LogP contribution in [-0.2, 0) is 0 Å². The Hall–Kier alpha value is -0.120. The SMILES string of the molecule is CCCNC(C)C(C)(C)CN(CC)CC(C)(C)O. The van der Waals surface area contributed by atoms with Crippen LogP contribution in [0.1, 0.15) is 54.9 Å². The average molecular weight is 258 g/mol. The van der Waals surface area contributed by atoms with Crippen LogP contribution in [0, 0.1) is 5.41 Å². The Bertz CT molecular complexity index is 221. The van der Waals surface area contributed by atoms with Gasteiger partial charge in [-0.25, -0.2) is 0 Å². The van der Waals surface area contributed by atoms with Crippen molar-refractivity contribution in [2.24, 2.45) is 5.41 Å². The molecule has 0 aliphatic rings. The van der Waals surface area contributed by atoms with E-state index in [1.165, 1.54) is 6.42 Å². The largest absolute Gasteiger partial charge is 0.389 e. The zero-order valence-electron chi connectivity index (χ0n) is 13.5. The summed E-state index contributed by atoms with van der Waals surface area (Å²) in [6.07, 6.45) is 1.17. The molecule has 0 aliphatic heterocycles. The van der Waals surface area contributed by atoms with E-state index in [1.54, 1.807) is 0 Å². The van der Waals surface area contributed by atoms with Crippen molar-refractivity contribution in [3.05, 3.63) is 0 Å². The topological polar surface area (TPSA) is 35.5 Å². The van der Waals surface area contributed by atoms with E-state index in [2.05, 4.69) is 44.8 Å². The lowest BCUT2D eigenvalue weighted by atomic mass is 9.84. The second-order valence-corrected chi connectivity index (χ2v) is 6.78. The van der Waals surface area contributed by atoms with Crippen LogP contribution in [0.3, 0.4) is 0 Å². The monoisotopic (exact) mass is 258 g/mol. The van der Waals surface area contributed by atoms with Gasteiger partial charge in [-0.1, -0.05) is 27.7 Å². The van der Waals surface area contributed by atoms with E-state index in [0.29, 0.717) is 6.04 Å². The highest BCUT2D eigenvalue weighted by Gasteiger charge is 2.29. The van der Waals surface area contributed by atoms with Gasteiger partial charge in [0.2, 0.25) is 0 Å². The van der Waals surface area contributed by atoms with Crippen molar-refractivity contribution in [1.29, 1.82) is 0 Å². The zero-order chi connectivity index (χ0) is 14.4. The van der Waals surface area contributed by atoms with Crippen LogP contribution in [-0.4, -0.2) is 47.8 Å². The molecule has 0 spiro atoms. The van der Waals surface area contributed by atoms with E-state index in [1.807, 2.05) is 13.8 Å². The second kappa shape index (κ2) is 7.46. The third-order valence-electron chi connectivity index (χ3n) is 3.56. The maximum atomic E-state index is 9.94. The van der Waals surface area contributed by atoms with Crippen molar-refractivity contribution in [1.82, 2.24) is 10.2 Å². The van der Waals surface area contributed by atoms with E-state index < -0.39 is 5.60 Å². The van der Waals surface area contributed by atoms with Gasteiger partial charge in [-0.3, -0.25) is 0 Å². The first-order valence-corrected chi connectivity index (χ1v) is 7.30. The van der Waals surface area contributed by atoms with Crippen molar-refractivity contribution < 1.29 is 5.11 Å². The van der Waals surface area contributed by atoms with E-state index in [-0.39, 0.29) is 5.41 Å². The highest BCUT2D eigenvalue weighted by molar-refractivity contribution is 4.85. The Morgan fingerprint density at radius 1 is 1.11 bits per heavy atom. The molecule has 0 bridgehead atoms. The standard InChI is InChI=1S/C15H34N2O/c1-8-10-16-13(3)14(4,5)11-17(9-2)12-15(6,7)18/h13,16,18H,8-12H2,1-7H3. The minimum atomic E-state index is -0.619. The predicted octanol–water partition coefficient (Wildman–Crippen LogP) is 2.49. The summed E-state index contributed by atoms with van der Waals surface area (Å²) in [7, 11) is 0. The Labute approximate surface area is 114 Å². The van der Waals surface area contributed by atoms with Gasteiger partial charge in [-0.2, -0.15) is 0 Å². The molecule has 3 nitrogen and oxygen atoms in total. The molecule has 1 unspecified atom stereocenters. The van der Waals surface area contributed by atoms with Crippen LogP contribution in [0.5, 0.6) is 0 Å². The highest BCUT2D eigenvalue weighted by Crippen LogP contribution is 2.23. The summed E-state index contributed by atoms with van der Waals surface area (Å²) < 4.78 is 0. The van der Waals surface area contributed by atoms with Crippen molar-refractivity contribution in [2.75, 3.05) is 26.2 Å². The fourth-order valence-electron chi connectivity index (χ4n) is 2.18. The van der Waals surface area contributed by atoms with Gasteiger partial charge in [0, 0.05) is 19.1 Å². The molecular formula is C15H34N2O. The Morgan fingerprint density at radius 2 is 1.67 bits per heavy atom. The van der Waals surface area contributed by atoms with Crippen LogP contribution >= 0.6 is 0 Å². The van der Waals surface area contributed by atoms with Gasteiger partial charge in [0.15, 0.2) is 0 Å². The van der Waals surface area contributed by atoms with Crippen molar-refractivity contribution in [2.45, 2.75) is 66.5 Å². The number of aliphatic hydroxyl groups is 1. The molecule has 1 atom stereocenters. The van der Waals surface area contributed by atoms with Crippen LogP contribution < -0.4 is 5.32 Å². The third-order valence-corrected chi connectivity index (χ3v) is 3.56. The quantitative estimate of drug-likeness (QED) is 0.667. The maximum absolute atomic E-state index is 9.94. The van der Waals surface area contributed by atoms with Crippen LogP contribution in [0.25, 0.3) is 0 Å². The molecule has 0 aromatic carbocycles. The molecule has 0 saturated heterocycles. The predicted molar refractivity (Wildman–Crippen MR) is 79.9 cm³/mol. The summed E-state index contributed by atoms with van der Waals surface area (Å²) in [5.41, 5.74) is -0.414. The van der Waals surface area contributed by atoms with Gasteiger partial charge in [-0.15, -0.1) is 0 Å². The van der Waals surface area contributed by atoms with Gasteiger partial charge in [0.1, 0.15) is 0 Å². The number of rotatable bonds is 9. The first kappa shape index (κ1) is 17.9. The molecule has 0 heterocycles. The number of likely N-dealkylation sites (N-methyl/N-ethyl adjacent to an activating group) is 1. The summed E-state index contributed by atoms with van der Waals surface area (Å²) in [4.78, 5) is 2.34. The van der Waals surface area contributed by atoms with Gasteiger partial charge in [0.05, 0.1) is 5.60 Å². The molecule has 0 aliphatic carbocycles. The maximum Gasteiger partial charge on any atom is 0.0718 e. The first-order valence-electron chi connectivity index (χ1n) is 7.30. The highest BCUT2D eigenvalue weighted by atomic mass is 16.3. The summed E-state index contributed by atoms with van der Waals surface area (Å²) in [5, 5.41) is 13.5. The van der Waals surface area contributed by atoms with Crippen molar-refractivity contribution in [3.63, 3.8) is 0 Å². The minimum Gasteiger partial charge on any atom is -0.389 e. The molecule has 2 N–H and O–H groups in total. The average Bonchev–Trinajstić information content (AvgIpc) is 2.22. The molecule has 0 aromatic rings. The molecule has 0 saturated carbocycles. The lowest BCUT2D eigenvalue weighted by Gasteiger charge is -2.39. The smallest absolute Gasteiger partial charge is 0.0718 e.